The van der Waals surface area contributed by atoms with Crippen LogP contribution in [0.25, 0.3) is 11.3 Å². The van der Waals surface area contributed by atoms with Gasteiger partial charge in [-0.25, -0.2) is 9.97 Å². The Labute approximate surface area is 141 Å². The first-order valence-corrected chi connectivity index (χ1v) is 8.49. The number of hydrogen-bond acceptors (Lipinski definition) is 6. The number of aryl methyl sites for hydroxylation is 1. The number of benzene rings is 1. The van der Waals surface area contributed by atoms with Crippen molar-refractivity contribution in [2.24, 2.45) is 0 Å². The van der Waals surface area contributed by atoms with E-state index in [1.165, 1.54) is 0 Å². The van der Waals surface area contributed by atoms with Crippen LogP contribution >= 0.6 is 0 Å². The van der Waals surface area contributed by atoms with Crippen LogP contribution in [0.4, 0.5) is 5.95 Å². The highest BCUT2D eigenvalue weighted by molar-refractivity contribution is 5.76. The van der Waals surface area contributed by atoms with Crippen LogP contribution in [0, 0.1) is 0 Å². The van der Waals surface area contributed by atoms with Gasteiger partial charge in [-0.2, -0.15) is 0 Å². The van der Waals surface area contributed by atoms with Crippen molar-refractivity contribution in [3.63, 3.8) is 0 Å². The molecule has 1 saturated heterocycles. The molecule has 1 fully saturated rings. The topological polar surface area (TPSA) is 104 Å². The molecule has 1 atom stereocenters. The number of piperidine rings is 1. The minimum atomic E-state index is -0.00169. The summed E-state index contributed by atoms with van der Waals surface area (Å²) in [6, 6.07) is 5.17. The Morgan fingerprint density at radius 3 is 2.83 bits per heavy atom. The maximum atomic E-state index is 10.6. The molecule has 6 nitrogen and oxygen atoms in total. The number of hydrogen-bond donors (Lipinski definition) is 4. The lowest BCUT2D eigenvalue weighted by Crippen LogP contribution is -2.29. The highest BCUT2D eigenvalue weighted by atomic mass is 16.3. The minimum Gasteiger partial charge on any atom is -0.507 e. The Hall–Kier alpha value is -2.34. The molecule has 0 spiro atoms. The Kier molecular flexibility index (Phi) is 4.85. The molecular weight excluding hydrogens is 304 g/mol. The lowest BCUT2D eigenvalue weighted by Gasteiger charge is -2.23. The maximum Gasteiger partial charge on any atom is 0.220 e. The average molecular weight is 328 g/mol. The van der Waals surface area contributed by atoms with Gasteiger partial charge in [0.1, 0.15) is 11.5 Å². The van der Waals surface area contributed by atoms with E-state index >= 15 is 0 Å². The zero-order valence-electron chi connectivity index (χ0n) is 13.9. The zero-order valence-corrected chi connectivity index (χ0v) is 13.9. The van der Waals surface area contributed by atoms with Gasteiger partial charge in [0.2, 0.25) is 5.95 Å². The normalized spacial score (nSPS) is 17.8. The van der Waals surface area contributed by atoms with Gasteiger partial charge in [0.05, 0.1) is 17.0 Å². The van der Waals surface area contributed by atoms with E-state index in [-0.39, 0.29) is 23.4 Å². The molecule has 6 heteroatoms. The van der Waals surface area contributed by atoms with Crippen LogP contribution in [0.5, 0.6) is 11.5 Å². The zero-order chi connectivity index (χ0) is 17.1. The van der Waals surface area contributed by atoms with Crippen molar-refractivity contribution in [3.05, 3.63) is 29.5 Å². The lowest BCUT2D eigenvalue weighted by atomic mass is 9.94. The molecule has 1 aromatic heterocycles. The van der Waals surface area contributed by atoms with Crippen molar-refractivity contribution in [3.8, 4) is 22.8 Å². The molecule has 2 heterocycles. The number of aromatic hydroxyl groups is 2. The van der Waals surface area contributed by atoms with Crippen molar-refractivity contribution in [1.29, 1.82) is 0 Å². The van der Waals surface area contributed by atoms with Crippen LogP contribution in [0.1, 0.15) is 43.4 Å². The molecule has 3 rings (SSSR count). The van der Waals surface area contributed by atoms with E-state index in [0.717, 1.165) is 50.0 Å². The Morgan fingerprint density at radius 1 is 1.29 bits per heavy atom. The second-order valence-corrected chi connectivity index (χ2v) is 6.30. The molecule has 0 radical (unpaired) electrons. The van der Waals surface area contributed by atoms with Crippen molar-refractivity contribution < 1.29 is 10.2 Å². The maximum absolute atomic E-state index is 10.6. The number of nitrogens with two attached hydrogens (primary N) is 1. The fourth-order valence-corrected chi connectivity index (χ4v) is 3.27. The Morgan fingerprint density at radius 2 is 2.12 bits per heavy atom. The predicted octanol–water partition coefficient (Wildman–Crippen LogP) is 2.56. The fourth-order valence-electron chi connectivity index (χ4n) is 3.27. The second kappa shape index (κ2) is 7.05. The smallest absolute Gasteiger partial charge is 0.220 e. The molecule has 24 heavy (non-hydrogen) atoms. The monoisotopic (exact) mass is 328 g/mol. The quantitative estimate of drug-likeness (QED) is 0.687. The van der Waals surface area contributed by atoms with Gasteiger partial charge in [-0.05, 0) is 43.5 Å². The van der Waals surface area contributed by atoms with Gasteiger partial charge < -0.3 is 21.3 Å². The molecule has 1 unspecified atom stereocenters. The van der Waals surface area contributed by atoms with Crippen molar-refractivity contribution in [2.45, 2.75) is 38.5 Å². The number of nitrogens with one attached hydrogen (secondary N) is 1. The van der Waals surface area contributed by atoms with Crippen molar-refractivity contribution >= 4 is 5.95 Å². The third-order valence-electron chi connectivity index (χ3n) is 4.49. The summed E-state index contributed by atoms with van der Waals surface area (Å²) in [5, 5.41) is 24.2. The molecule has 128 valence electrons. The van der Waals surface area contributed by atoms with Gasteiger partial charge in [0.25, 0.3) is 0 Å². The summed E-state index contributed by atoms with van der Waals surface area (Å²) in [7, 11) is 0. The van der Waals surface area contributed by atoms with Crippen LogP contribution < -0.4 is 11.1 Å². The van der Waals surface area contributed by atoms with Gasteiger partial charge >= 0.3 is 0 Å². The van der Waals surface area contributed by atoms with Crippen LogP contribution in [0.15, 0.2) is 18.2 Å². The third kappa shape index (κ3) is 3.28. The van der Waals surface area contributed by atoms with E-state index in [1.807, 2.05) is 13.0 Å². The first-order valence-electron chi connectivity index (χ1n) is 8.49. The number of nitrogens with zero attached hydrogens (tertiary/aromatic N) is 2. The molecule has 1 aliphatic heterocycles. The summed E-state index contributed by atoms with van der Waals surface area (Å²) in [6.07, 6.45) is 3.77. The van der Waals surface area contributed by atoms with E-state index in [0.29, 0.717) is 11.3 Å². The summed E-state index contributed by atoms with van der Waals surface area (Å²) in [5.41, 5.74) is 8.34. The van der Waals surface area contributed by atoms with Crippen molar-refractivity contribution in [1.82, 2.24) is 15.3 Å². The lowest BCUT2D eigenvalue weighted by molar-refractivity contribution is 0.448. The number of rotatable bonds is 4. The van der Waals surface area contributed by atoms with Crippen LogP contribution in [-0.2, 0) is 6.42 Å². The van der Waals surface area contributed by atoms with E-state index < -0.39 is 0 Å². The number of anilines is 1. The SMILES string of the molecule is CCCc1ccc(O)c(-c2cc(C3CCCNC3)nc(N)n2)c1O. The highest BCUT2D eigenvalue weighted by Crippen LogP contribution is 2.40. The number of phenols is 2. The van der Waals surface area contributed by atoms with Gasteiger partial charge in [-0.15, -0.1) is 0 Å². The third-order valence-corrected chi connectivity index (χ3v) is 4.49. The standard InChI is InChI=1S/C18H24N4O2/c1-2-4-11-6-7-15(23)16(17(11)24)14-9-13(21-18(19)22-14)12-5-3-8-20-10-12/h6-7,9,12,20,23-24H,2-5,8,10H2,1H3,(H2,19,21,22). The van der Waals surface area contributed by atoms with Gasteiger partial charge in [0.15, 0.2) is 0 Å². The number of phenolic OH excluding ortho intramolecular Hbond substituents is 2. The van der Waals surface area contributed by atoms with Crippen molar-refractivity contribution in [2.75, 3.05) is 18.8 Å². The summed E-state index contributed by atoms with van der Waals surface area (Å²) >= 11 is 0. The molecule has 1 aliphatic rings. The molecule has 0 bridgehead atoms. The summed E-state index contributed by atoms with van der Waals surface area (Å²) < 4.78 is 0. The molecule has 5 N–H and O–H groups in total. The predicted molar refractivity (Wildman–Crippen MR) is 94.0 cm³/mol. The minimum absolute atomic E-state index is 0.00169. The fraction of sp³-hybridized carbons (Fsp3) is 0.444. The molecule has 2 aromatic rings. The second-order valence-electron chi connectivity index (χ2n) is 6.30. The summed E-state index contributed by atoms with van der Waals surface area (Å²) in [4.78, 5) is 8.61. The summed E-state index contributed by atoms with van der Waals surface area (Å²) in [5.74, 6) is 0.500. The number of nitrogen functional groups attached to an aromatic ring is 1. The highest BCUT2D eigenvalue weighted by Gasteiger charge is 2.21. The molecule has 0 amide bonds. The van der Waals surface area contributed by atoms with E-state index in [1.54, 1.807) is 12.1 Å². The molecule has 1 aromatic carbocycles. The Balaban J connectivity index is 2.06. The van der Waals surface area contributed by atoms with Gasteiger partial charge in [0, 0.05) is 12.5 Å². The molecular formula is C18H24N4O2. The van der Waals surface area contributed by atoms with Gasteiger partial charge in [-0.1, -0.05) is 19.4 Å². The van der Waals surface area contributed by atoms with Crippen LogP contribution in [0.3, 0.4) is 0 Å². The average Bonchev–Trinajstić information content (AvgIpc) is 2.58. The Bertz CT molecular complexity index is 727. The molecule has 0 saturated carbocycles. The summed E-state index contributed by atoms with van der Waals surface area (Å²) in [6.45, 7) is 3.91. The first-order chi connectivity index (χ1) is 11.6. The van der Waals surface area contributed by atoms with Crippen LogP contribution in [0.2, 0.25) is 0 Å². The number of aromatic nitrogens is 2. The first kappa shape index (κ1) is 16.5. The van der Waals surface area contributed by atoms with E-state index in [2.05, 4.69) is 15.3 Å². The largest absolute Gasteiger partial charge is 0.507 e. The van der Waals surface area contributed by atoms with E-state index in [9.17, 15) is 10.2 Å². The molecule has 0 aliphatic carbocycles. The van der Waals surface area contributed by atoms with Crippen LogP contribution in [-0.4, -0.2) is 33.3 Å². The van der Waals surface area contributed by atoms with E-state index in [4.69, 9.17) is 5.73 Å². The van der Waals surface area contributed by atoms with Gasteiger partial charge in [-0.3, -0.25) is 0 Å².